The van der Waals surface area contributed by atoms with Crippen molar-refractivity contribution >= 4 is 11.8 Å². The first-order chi connectivity index (χ1) is 8.65. The molecule has 1 aromatic carbocycles. The highest BCUT2D eigenvalue weighted by Crippen LogP contribution is 2.27. The minimum Gasteiger partial charge on any atom is -0.435 e. The number of alkyl halides is 2. The van der Waals surface area contributed by atoms with E-state index in [0.29, 0.717) is 11.3 Å². The first kappa shape index (κ1) is 13.6. The zero-order valence-electron chi connectivity index (χ0n) is 10.2. The van der Waals surface area contributed by atoms with Gasteiger partial charge in [-0.2, -0.15) is 20.5 Å². The molecule has 1 saturated heterocycles. The molecule has 1 fully saturated rings. The van der Waals surface area contributed by atoms with Crippen LogP contribution in [-0.2, 0) is 0 Å². The highest BCUT2D eigenvalue weighted by Gasteiger charge is 2.17. The van der Waals surface area contributed by atoms with Gasteiger partial charge < -0.3 is 10.1 Å². The first-order valence-corrected chi connectivity index (χ1v) is 7.10. The molecule has 1 N–H and O–H groups in total. The molecule has 0 amide bonds. The third kappa shape index (κ3) is 3.85. The Labute approximate surface area is 110 Å². The van der Waals surface area contributed by atoms with Gasteiger partial charge in [0.15, 0.2) is 0 Å². The molecular weight excluding hydrogens is 256 g/mol. The molecule has 0 radical (unpaired) electrons. The molecule has 2 nitrogen and oxygen atoms in total. The van der Waals surface area contributed by atoms with Gasteiger partial charge in [0.25, 0.3) is 0 Å². The predicted molar refractivity (Wildman–Crippen MR) is 70.4 cm³/mol. The molecule has 1 aliphatic rings. The van der Waals surface area contributed by atoms with E-state index in [1.54, 1.807) is 12.1 Å². The zero-order chi connectivity index (χ0) is 13.0. The molecule has 1 aliphatic heterocycles. The quantitative estimate of drug-likeness (QED) is 0.911. The molecule has 2 rings (SSSR count). The number of nitrogens with one attached hydrogen (secondary N) is 1. The van der Waals surface area contributed by atoms with Crippen LogP contribution in [0.15, 0.2) is 24.3 Å². The molecule has 0 aromatic heterocycles. The summed E-state index contributed by atoms with van der Waals surface area (Å²) >= 11 is 1.94. The van der Waals surface area contributed by atoms with Crippen LogP contribution in [0.4, 0.5) is 8.78 Å². The summed E-state index contributed by atoms with van der Waals surface area (Å²) in [5, 5.41) is 4.15. The van der Waals surface area contributed by atoms with Gasteiger partial charge in [-0.3, -0.25) is 0 Å². The number of hydrogen-bond acceptors (Lipinski definition) is 3. The second kappa shape index (κ2) is 6.38. The number of halogens is 2. The maximum absolute atomic E-state index is 12.0. The lowest BCUT2D eigenvalue weighted by Gasteiger charge is -2.16. The Morgan fingerprint density at radius 3 is 2.72 bits per heavy atom. The fraction of sp³-hybridized carbons (Fsp3) is 0.538. The van der Waals surface area contributed by atoms with Gasteiger partial charge >= 0.3 is 6.61 Å². The van der Waals surface area contributed by atoms with Gasteiger partial charge in [-0.05, 0) is 30.7 Å². The second-order valence-electron chi connectivity index (χ2n) is 4.39. The standard InChI is InChI=1S/C13H17F2NOS/c1-9-6-7-16-12(8-18-9)10-2-4-11(5-3-10)17-13(14)15/h2-5,9,12-13,16H,6-8H2,1H3. The van der Waals surface area contributed by atoms with Crippen molar-refractivity contribution in [2.45, 2.75) is 31.2 Å². The molecule has 2 unspecified atom stereocenters. The molecule has 1 heterocycles. The number of ether oxygens (including phenoxy) is 1. The lowest BCUT2D eigenvalue weighted by atomic mass is 10.1. The van der Waals surface area contributed by atoms with Crippen LogP contribution in [0.25, 0.3) is 0 Å². The second-order valence-corrected chi connectivity index (χ2v) is 5.86. The number of hydrogen-bond donors (Lipinski definition) is 1. The largest absolute Gasteiger partial charge is 0.435 e. The van der Waals surface area contributed by atoms with E-state index in [1.807, 2.05) is 23.9 Å². The van der Waals surface area contributed by atoms with Gasteiger partial charge in [0, 0.05) is 17.0 Å². The molecule has 2 atom stereocenters. The SMILES string of the molecule is CC1CCNC(c2ccc(OC(F)F)cc2)CS1. The van der Waals surface area contributed by atoms with Crippen molar-refractivity contribution in [1.82, 2.24) is 5.32 Å². The van der Waals surface area contributed by atoms with E-state index < -0.39 is 6.61 Å². The van der Waals surface area contributed by atoms with Gasteiger partial charge in [-0.25, -0.2) is 0 Å². The normalized spacial score (nSPS) is 24.9. The van der Waals surface area contributed by atoms with E-state index in [1.165, 1.54) is 0 Å². The summed E-state index contributed by atoms with van der Waals surface area (Å²) < 4.78 is 28.4. The molecule has 0 saturated carbocycles. The molecule has 100 valence electrons. The van der Waals surface area contributed by atoms with Crippen LogP contribution in [0.3, 0.4) is 0 Å². The van der Waals surface area contributed by atoms with Crippen molar-refractivity contribution < 1.29 is 13.5 Å². The Morgan fingerprint density at radius 1 is 1.33 bits per heavy atom. The van der Waals surface area contributed by atoms with Crippen LogP contribution >= 0.6 is 11.8 Å². The van der Waals surface area contributed by atoms with E-state index in [-0.39, 0.29) is 5.75 Å². The minimum absolute atomic E-state index is 0.211. The van der Waals surface area contributed by atoms with Crippen LogP contribution in [0.2, 0.25) is 0 Å². The Hall–Kier alpha value is -0.810. The summed E-state index contributed by atoms with van der Waals surface area (Å²) in [5.74, 6) is 1.22. The Kier molecular flexibility index (Phi) is 4.83. The third-order valence-electron chi connectivity index (χ3n) is 3.00. The number of rotatable bonds is 3. The van der Waals surface area contributed by atoms with E-state index >= 15 is 0 Å². The van der Waals surface area contributed by atoms with Crippen molar-refractivity contribution in [1.29, 1.82) is 0 Å². The molecular formula is C13H17F2NOS. The average Bonchev–Trinajstić information content (AvgIpc) is 2.54. The van der Waals surface area contributed by atoms with Crippen molar-refractivity contribution in [3.63, 3.8) is 0 Å². The van der Waals surface area contributed by atoms with Gasteiger partial charge in [0.1, 0.15) is 5.75 Å². The summed E-state index contributed by atoms with van der Waals surface area (Å²) in [6.07, 6.45) is 1.16. The van der Waals surface area contributed by atoms with Crippen molar-refractivity contribution in [2.75, 3.05) is 12.3 Å². The first-order valence-electron chi connectivity index (χ1n) is 6.05. The summed E-state index contributed by atoms with van der Waals surface area (Å²) in [4.78, 5) is 0. The smallest absolute Gasteiger partial charge is 0.387 e. The number of thioether (sulfide) groups is 1. The molecule has 0 aliphatic carbocycles. The lowest BCUT2D eigenvalue weighted by molar-refractivity contribution is -0.0498. The Balaban J connectivity index is 2.00. The minimum atomic E-state index is -2.76. The molecule has 0 spiro atoms. The summed E-state index contributed by atoms with van der Waals surface area (Å²) in [7, 11) is 0. The highest BCUT2D eigenvalue weighted by molar-refractivity contribution is 7.99. The Bertz CT molecular complexity index is 372. The van der Waals surface area contributed by atoms with Gasteiger partial charge in [0.2, 0.25) is 0 Å². The average molecular weight is 273 g/mol. The monoisotopic (exact) mass is 273 g/mol. The van der Waals surface area contributed by atoms with E-state index in [2.05, 4.69) is 17.0 Å². The summed E-state index contributed by atoms with van der Waals surface area (Å²) in [5.41, 5.74) is 1.12. The summed E-state index contributed by atoms with van der Waals surface area (Å²) in [6, 6.07) is 7.20. The van der Waals surface area contributed by atoms with Gasteiger partial charge in [0.05, 0.1) is 0 Å². The van der Waals surface area contributed by atoms with Crippen LogP contribution in [0, 0.1) is 0 Å². The maximum Gasteiger partial charge on any atom is 0.387 e. The van der Waals surface area contributed by atoms with Crippen LogP contribution in [-0.4, -0.2) is 24.2 Å². The summed E-state index contributed by atoms with van der Waals surface area (Å²) in [6.45, 7) is 0.464. The van der Waals surface area contributed by atoms with E-state index in [0.717, 1.165) is 24.3 Å². The molecule has 5 heteroatoms. The van der Waals surface area contributed by atoms with Crippen LogP contribution < -0.4 is 10.1 Å². The van der Waals surface area contributed by atoms with Crippen LogP contribution in [0.5, 0.6) is 5.75 Å². The fourth-order valence-corrected chi connectivity index (χ4v) is 3.08. The molecule has 18 heavy (non-hydrogen) atoms. The van der Waals surface area contributed by atoms with Crippen molar-refractivity contribution in [2.24, 2.45) is 0 Å². The zero-order valence-corrected chi connectivity index (χ0v) is 11.1. The topological polar surface area (TPSA) is 21.3 Å². The van der Waals surface area contributed by atoms with Crippen molar-refractivity contribution in [3.8, 4) is 5.75 Å². The van der Waals surface area contributed by atoms with Gasteiger partial charge in [-0.1, -0.05) is 19.1 Å². The van der Waals surface area contributed by atoms with Crippen LogP contribution in [0.1, 0.15) is 24.9 Å². The Morgan fingerprint density at radius 2 is 2.06 bits per heavy atom. The van der Waals surface area contributed by atoms with Gasteiger partial charge in [-0.15, -0.1) is 0 Å². The predicted octanol–water partition coefficient (Wildman–Crippen LogP) is 3.44. The number of benzene rings is 1. The van der Waals surface area contributed by atoms with E-state index in [4.69, 9.17) is 0 Å². The lowest BCUT2D eigenvalue weighted by Crippen LogP contribution is -2.22. The molecule has 1 aromatic rings. The van der Waals surface area contributed by atoms with Crippen molar-refractivity contribution in [3.05, 3.63) is 29.8 Å². The third-order valence-corrected chi connectivity index (χ3v) is 4.33. The fourth-order valence-electron chi connectivity index (χ4n) is 1.96. The maximum atomic E-state index is 12.0. The van der Waals surface area contributed by atoms with E-state index in [9.17, 15) is 8.78 Å². The molecule has 0 bridgehead atoms. The highest BCUT2D eigenvalue weighted by atomic mass is 32.2.